The van der Waals surface area contributed by atoms with Crippen molar-refractivity contribution in [2.24, 2.45) is 11.3 Å². The van der Waals surface area contributed by atoms with Gasteiger partial charge in [0.1, 0.15) is 0 Å². The van der Waals surface area contributed by atoms with Gasteiger partial charge in [-0.3, -0.25) is 4.79 Å². The van der Waals surface area contributed by atoms with Crippen LogP contribution in [0.2, 0.25) is 0 Å². The molecule has 4 nitrogen and oxygen atoms in total. The fourth-order valence-electron chi connectivity index (χ4n) is 4.60. The molecule has 4 heteroatoms. The zero-order chi connectivity index (χ0) is 19.0. The van der Waals surface area contributed by atoms with Gasteiger partial charge in [0.05, 0.1) is 16.8 Å². The second-order valence-corrected chi connectivity index (χ2v) is 8.04. The summed E-state index contributed by atoms with van der Waals surface area (Å²) in [6.45, 7) is 2.01. The number of nitrogen functional groups attached to an aromatic ring is 1. The quantitative estimate of drug-likeness (QED) is 0.850. The Morgan fingerprint density at radius 1 is 1.22 bits per heavy atom. The molecule has 2 aromatic rings. The van der Waals surface area contributed by atoms with Crippen molar-refractivity contribution in [2.75, 3.05) is 5.84 Å². The summed E-state index contributed by atoms with van der Waals surface area (Å²) in [5.41, 5.74) is 2.59. The van der Waals surface area contributed by atoms with Crippen molar-refractivity contribution in [1.82, 2.24) is 4.68 Å². The summed E-state index contributed by atoms with van der Waals surface area (Å²) in [6.07, 6.45) is 9.68. The van der Waals surface area contributed by atoms with Crippen LogP contribution in [0.4, 0.5) is 0 Å². The molecular weight excluding hydrogens is 334 g/mol. The molecule has 2 atom stereocenters. The van der Waals surface area contributed by atoms with Gasteiger partial charge in [-0.15, -0.1) is 0 Å². The highest BCUT2D eigenvalue weighted by atomic mass is 16.1. The number of hydrogen-bond acceptors (Lipinski definition) is 3. The number of hydrogen-bond donors (Lipinski definition) is 1. The molecule has 2 N–H and O–H groups in total. The van der Waals surface area contributed by atoms with Crippen LogP contribution < -0.4 is 22.0 Å². The third-order valence-corrected chi connectivity index (χ3v) is 6.23. The first-order chi connectivity index (χ1) is 13.0. The highest BCUT2D eigenvalue weighted by Gasteiger charge is 2.34. The Bertz CT molecular complexity index is 1090. The molecule has 0 spiro atoms. The molecule has 2 aliphatic carbocycles. The summed E-state index contributed by atoms with van der Waals surface area (Å²) in [5.74, 6) is 6.22. The summed E-state index contributed by atoms with van der Waals surface area (Å²) >= 11 is 0. The van der Waals surface area contributed by atoms with Crippen LogP contribution in [0.3, 0.4) is 0 Å². The number of pyridine rings is 1. The van der Waals surface area contributed by atoms with Crippen LogP contribution in [0.15, 0.2) is 35.1 Å². The average Bonchev–Trinajstić information content (AvgIpc) is 2.72. The normalized spacial score (nSPS) is 20.2. The van der Waals surface area contributed by atoms with E-state index in [1.807, 2.05) is 25.1 Å². The molecule has 4 rings (SSSR count). The fraction of sp³-hybridized carbons (Fsp3) is 0.391. The van der Waals surface area contributed by atoms with Gasteiger partial charge in [0.15, 0.2) is 0 Å². The van der Waals surface area contributed by atoms with Gasteiger partial charge in [-0.05, 0) is 61.8 Å². The van der Waals surface area contributed by atoms with Crippen LogP contribution in [0, 0.1) is 22.7 Å². The second-order valence-electron chi connectivity index (χ2n) is 8.04. The summed E-state index contributed by atoms with van der Waals surface area (Å²) in [4.78, 5) is 12.7. The van der Waals surface area contributed by atoms with Crippen molar-refractivity contribution in [1.29, 1.82) is 5.26 Å². The van der Waals surface area contributed by atoms with E-state index in [9.17, 15) is 10.1 Å². The number of aromatic nitrogens is 1. The van der Waals surface area contributed by atoms with E-state index >= 15 is 0 Å². The van der Waals surface area contributed by atoms with Gasteiger partial charge in [0.25, 0.3) is 5.56 Å². The van der Waals surface area contributed by atoms with E-state index in [-0.39, 0.29) is 11.5 Å². The van der Waals surface area contributed by atoms with Gasteiger partial charge >= 0.3 is 0 Å². The Labute approximate surface area is 159 Å². The zero-order valence-corrected chi connectivity index (χ0v) is 15.7. The highest BCUT2D eigenvalue weighted by molar-refractivity contribution is 5.46. The van der Waals surface area contributed by atoms with E-state index < -0.39 is 5.41 Å². The molecule has 0 saturated carbocycles. The molecule has 138 valence electrons. The number of nitrogens with zero attached hydrogens (tertiary/aromatic N) is 2. The Kier molecular flexibility index (Phi) is 4.39. The van der Waals surface area contributed by atoms with E-state index in [2.05, 4.69) is 30.4 Å². The maximum atomic E-state index is 12.7. The Morgan fingerprint density at radius 2 is 1.93 bits per heavy atom. The predicted octanol–water partition coefficient (Wildman–Crippen LogP) is 1.79. The number of nitrogens with two attached hydrogens (primary N) is 1. The molecule has 1 aromatic carbocycles. The van der Waals surface area contributed by atoms with Crippen molar-refractivity contribution in [3.05, 3.63) is 67.9 Å². The number of benzene rings is 1. The summed E-state index contributed by atoms with van der Waals surface area (Å²) in [6, 6.07) is 12.7. The molecule has 0 aliphatic heterocycles. The minimum absolute atomic E-state index is 0.0195. The topological polar surface area (TPSA) is 71.8 Å². The van der Waals surface area contributed by atoms with E-state index in [1.54, 1.807) is 0 Å². The second kappa shape index (κ2) is 6.74. The lowest BCUT2D eigenvalue weighted by atomic mass is 9.71. The number of fused-ring (bicyclic) bond motifs is 3. The van der Waals surface area contributed by atoms with Gasteiger partial charge in [-0.2, -0.15) is 5.26 Å². The van der Waals surface area contributed by atoms with Crippen LogP contribution in [-0.2, 0) is 19.3 Å². The standard InChI is InChI=1S/C23H25N3O/c1-23(15-24,14-16-7-3-2-4-8-16)17-11-12-19-18-9-5-6-10-20(18)22(27)26(25)21(19)13-17/h2-4,7-8,12-13,17H,5-6,9-11,14,25H2,1H3/t17?,23-/m0/s1. The Balaban J connectivity index is 1.81. The molecule has 0 radical (unpaired) electrons. The highest BCUT2D eigenvalue weighted by Crippen LogP contribution is 2.35. The summed E-state index contributed by atoms with van der Waals surface area (Å²) < 4.78 is 1.31. The molecular formula is C23H25N3O. The molecule has 27 heavy (non-hydrogen) atoms. The summed E-state index contributed by atoms with van der Waals surface area (Å²) in [5, 5.41) is 11.9. The molecule has 0 fully saturated rings. The molecule has 1 unspecified atom stereocenters. The lowest BCUT2D eigenvalue weighted by Crippen LogP contribution is -2.53. The van der Waals surface area contributed by atoms with Crippen molar-refractivity contribution < 1.29 is 0 Å². The third kappa shape index (κ3) is 2.98. The molecule has 2 aliphatic rings. The van der Waals surface area contributed by atoms with E-state index in [1.165, 1.54) is 10.2 Å². The van der Waals surface area contributed by atoms with Crippen molar-refractivity contribution in [3.8, 4) is 6.07 Å². The number of nitriles is 1. The average molecular weight is 359 g/mol. The number of rotatable bonds is 3. The van der Waals surface area contributed by atoms with Gasteiger partial charge in [0, 0.05) is 11.5 Å². The van der Waals surface area contributed by atoms with Crippen LogP contribution in [0.5, 0.6) is 0 Å². The van der Waals surface area contributed by atoms with E-state index in [4.69, 9.17) is 5.84 Å². The van der Waals surface area contributed by atoms with E-state index in [0.29, 0.717) is 6.42 Å². The van der Waals surface area contributed by atoms with Gasteiger partial charge in [-0.1, -0.05) is 42.5 Å². The first-order valence-corrected chi connectivity index (χ1v) is 9.72. The third-order valence-electron chi connectivity index (χ3n) is 6.23. The molecule has 0 amide bonds. The van der Waals surface area contributed by atoms with Crippen molar-refractivity contribution in [2.45, 2.75) is 45.4 Å². The molecule has 0 bridgehead atoms. The van der Waals surface area contributed by atoms with E-state index in [0.717, 1.165) is 53.8 Å². The fourth-order valence-corrected chi connectivity index (χ4v) is 4.60. The Hall–Kier alpha value is -2.80. The molecule has 1 aromatic heterocycles. The van der Waals surface area contributed by atoms with Crippen LogP contribution in [0.25, 0.3) is 12.2 Å². The van der Waals surface area contributed by atoms with Crippen LogP contribution in [0.1, 0.15) is 42.9 Å². The minimum Gasteiger partial charge on any atom is -0.336 e. The largest absolute Gasteiger partial charge is 0.336 e. The molecule has 0 saturated heterocycles. The minimum atomic E-state index is -0.554. The maximum absolute atomic E-state index is 12.7. The molecule has 1 heterocycles. The zero-order valence-electron chi connectivity index (χ0n) is 15.7. The predicted molar refractivity (Wildman–Crippen MR) is 108 cm³/mol. The first-order valence-electron chi connectivity index (χ1n) is 9.72. The van der Waals surface area contributed by atoms with Crippen molar-refractivity contribution >= 4 is 12.2 Å². The van der Waals surface area contributed by atoms with Crippen LogP contribution in [-0.4, -0.2) is 4.68 Å². The monoisotopic (exact) mass is 359 g/mol. The lowest BCUT2D eigenvalue weighted by Gasteiger charge is -2.31. The van der Waals surface area contributed by atoms with Gasteiger partial charge < -0.3 is 5.84 Å². The first kappa shape index (κ1) is 17.6. The lowest BCUT2D eigenvalue weighted by molar-refractivity contribution is 0.337. The van der Waals surface area contributed by atoms with Gasteiger partial charge in [-0.25, -0.2) is 4.68 Å². The van der Waals surface area contributed by atoms with Crippen molar-refractivity contribution in [3.63, 3.8) is 0 Å². The maximum Gasteiger partial charge on any atom is 0.272 e. The SMILES string of the molecule is C[C@@](C#N)(Cc1ccccc1)C1C=c2c(c3c(c(=O)n2N)CCCC3)=CC1. The van der Waals surface area contributed by atoms with Crippen LogP contribution >= 0.6 is 0 Å². The smallest absolute Gasteiger partial charge is 0.272 e. The Morgan fingerprint density at radius 3 is 2.63 bits per heavy atom. The van der Waals surface area contributed by atoms with Gasteiger partial charge in [0.2, 0.25) is 0 Å². The summed E-state index contributed by atoms with van der Waals surface area (Å²) in [7, 11) is 0.